The van der Waals surface area contributed by atoms with Gasteiger partial charge in [0.1, 0.15) is 6.23 Å². The first-order chi connectivity index (χ1) is 19.9. The molecular formula is C31H34N6O4. The van der Waals surface area contributed by atoms with E-state index >= 15 is 0 Å². The van der Waals surface area contributed by atoms with Crippen LogP contribution in [0.1, 0.15) is 69.4 Å². The van der Waals surface area contributed by atoms with Crippen LogP contribution in [0.25, 0.3) is 0 Å². The molecule has 4 aliphatic heterocycles. The molecule has 41 heavy (non-hydrogen) atoms. The highest BCUT2D eigenvalue weighted by molar-refractivity contribution is 6.04. The zero-order valence-electron chi connectivity index (χ0n) is 22.9. The van der Waals surface area contributed by atoms with E-state index in [9.17, 15) is 19.5 Å². The van der Waals surface area contributed by atoms with E-state index in [-0.39, 0.29) is 17.7 Å². The van der Waals surface area contributed by atoms with E-state index in [1.807, 2.05) is 47.2 Å². The van der Waals surface area contributed by atoms with Crippen molar-refractivity contribution >= 4 is 23.4 Å². The number of nitrogens with one attached hydrogen (secondary N) is 1. The summed E-state index contributed by atoms with van der Waals surface area (Å²) in [5.41, 5.74) is 4.77. The number of likely N-dealkylation sites (tertiary alicyclic amines) is 1. The number of fused-ring (bicyclic) bond motifs is 2. The number of aliphatic hydroxyl groups excluding tert-OH is 1. The quantitative estimate of drug-likeness (QED) is 0.502. The van der Waals surface area contributed by atoms with Crippen molar-refractivity contribution in [1.29, 1.82) is 0 Å². The number of aliphatic hydroxyl groups is 1. The van der Waals surface area contributed by atoms with Crippen LogP contribution in [0, 0.1) is 0 Å². The maximum Gasteiger partial charge on any atom is 0.294 e. The fourth-order valence-corrected chi connectivity index (χ4v) is 6.81. The Hall–Kier alpha value is -4.02. The number of rotatable bonds is 5. The van der Waals surface area contributed by atoms with Crippen molar-refractivity contribution in [2.75, 3.05) is 24.5 Å². The first-order valence-electron chi connectivity index (χ1n) is 14.5. The third-order valence-electron chi connectivity index (χ3n) is 9.04. The fourth-order valence-electron chi connectivity index (χ4n) is 6.81. The van der Waals surface area contributed by atoms with Crippen LogP contribution in [0.2, 0.25) is 0 Å². The zero-order valence-corrected chi connectivity index (χ0v) is 22.9. The van der Waals surface area contributed by atoms with Crippen LogP contribution >= 0.6 is 0 Å². The van der Waals surface area contributed by atoms with Crippen molar-refractivity contribution in [2.45, 2.75) is 63.5 Å². The van der Waals surface area contributed by atoms with Gasteiger partial charge in [-0.1, -0.05) is 30.3 Å². The van der Waals surface area contributed by atoms with Gasteiger partial charge < -0.3 is 24.8 Å². The first-order valence-corrected chi connectivity index (χ1v) is 14.5. The second kappa shape index (κ2) is 10.4. The van der Waals surface area contributed by atoms with Gasteiger partial charge in [-0.25, -0.2) is 4.98 Å². The predicted molar refractivity (Wildman–Crippen MR) is 151 cm³/mol. The molecule has 1 aromatic heterocycles. The number of piperidine rings is 2. The van der Waals surface area contributed by atoms with Gasteiger partial charge in [0.25, 0.3) is 11.8 Å². The molecule has 0 bridgehead atoms. The number of nitrogens with zero attached hydrogens (tertiary/aromatic N) is 5. The Morgan fingerprint density at radius 3 is 2.51 bits per heavy atom. The molecule has 7 rings (SSSR count). The summed E-state index contributed by atoms with van der Waals surface area (Å²) in [6, 6.07) is 15.5. The number of anilines is 1. The summed E-state index contributed by atoms with van der Waals surface area (Å²) in [7, 11) is 0. The molecule has 4 aliphatic rings. The van der Waals surface area contributed by atoms with Gasteiger partial charge in [-0.15, -0.1) is 0 Å². The molecule has 0 aliphatic carbocycles. The van der Waals surface area contributed by atoms with Crippen LogP contribution in [0.3, 0.4) is 0 Å². The smallest absolute Gasteiger partial charge is 0.294 e. The minimum atomic E-state index is -1.03. The number of imidazole rings is 1. The molecule has 2 atom stereocenters. The largest absolute Gasteiger partial charge is 0.372 e. The van der Waals surface area contributed by atoms with Crippen molar-refractivity contribution in [2.24, 2.45) is 0 Å². The van der Waals surface area contributed by atoms with E-state index in [1.165, 1.54) is 5.56 Å². The molecule has 5 heterocycles. The van der Waals surface area contributed by atoms with Gasteiger partial charge >= 0.3 is 0 Å². The number of amides is 3. The van der Waals surface area contributed by atoms with Crippen molar-refractivity contribution in [3.63, 3.8) is 0 Å². The second-order valence-corrected chi connectivity index (χ2v) is 11.6. The lowest BCUT2D eigenvalue weighted by molar-refractivity contribution is -0.129. The number of hydrogen-bond donors (Lipinski definition) is 2. The molecule has 3 aromatic rings. The first kappa shape index (κ1) is 25.9. The standard InChI is InChI=1S/C31H34N6O4/c38-27-9-8-26(29(39)33-27)37-17-22-16-21(6-7-25(22)30(37)40)20-10-12-34(13-11-20)18-23-19-35-14-15-36(31(41)28(35)32-23)24-4-2-1-3-5-24/h1-7,16,19-20,26,29,39H,8-15,17-18H2,(H,33,38). The SMILES string of the molecule is O=C1CCC(N2Cc3cc(C4CCN(Cc5cn6c(n5)C(=O)N(c5ccccc5)CC6)CC4)ccc3C2=O)C(O)N1. The highest BCUT2D eigenvalue weighted by Gasteiger charge is 2.39. The van der Waals surface area contributed by atoms with Crippen LogP contribution in [0.5, 0.6) is 0 Å². The van der Waals surface area contributed by atoms with E-state index in [2.05, 4.69) is 22.3 Å². The molecule has 2 N–H and O–H groups in total. The molecule has 0 spiro atoms. The summed E-state index contributed by atoms with van der Waals surface area (Å²) in [6.45, 7) is 4.43. The molecule has 10 nitrogen and oxygen atoms in total. The summed E-state index contributed by atoms with van der Waals surface area (Å²) in [4.78, 5) is 48.5. The van der Waals surface area contributed by atoms with E-state index < -0.39 is 12.3 Å². The molecule has 2 aromatic carbocycles. The summed E-state index contributed by atoms with van der Waals surface area (Å²) < 4.78 is 1.99. The van der Waals surface area contributed by atoms with Gasteiger partial charge in [0, 0.05) is 50.0 Å². The molecule has 2 saturated heterocycles. The Labute approximate surface area is 238 Å². The third kappa shape index (κ3) is 4.81. The lowest BCUT2D eigenvalue weighted by Gasteiger charge is -2.35. The Balaban J connectivity index is 0.969. The number of carbonyl (C=O) groups is 3. The van der Waals surface area contributed by atoms with Crippen LogP contribution in [0.15, 0.2) is 54.7 Å². The molecule has 212 valence electrons. The molecule has 0 radical (unpaired) electrons. The van der Waals surface area contributed by atoms with E-state index in [1.54, 1.807) is 9.80 Å². The number of carbonyl (C=O) groups excluding carboxylic acids is 3. The van der Waals surface area contributed by atoms with Crippen molar-refractivity contribution in [3.8, 4) is 0 Å². The Bertz CT molecular complexity index is 1500. The number of aromatic nitrogens is 2. The summed E-state index contributed by atoms with van der Waals surface area (Å²) >= 11 is 0. The lowest BCUT2D eigenvalue weighted by Crippen LogP contribution is -2.55. The van der Waals surface area contributed by atoms with E-state index in [0.29, 0.717) is 43.2 Å². The number of para-hydroxylation sites is 1. The van der Waals surface area contributed by atoms with Crippen LogP contribution in [-0.2, 0) is 24.4 Å². The monoisotopic (exact) mass is 554 g/mol. The number of hydrogen-bond acceptors (Lipinski definition) is 6. The molecule has 0 saturated carbocycles. The van der Waals surface area contributed by atoms with Crippen molar-refractivity contribution in [1.82, 2.24) is 24.7 Å². The summed E-state index contributed by atoms with van der Waals surface area (Å²) in [5.74, 6) is 0.618. The minimum Gasteiger partial charge on any atom is -0.372 e. The lowest BCUT2D eigenvalue weighted by atomic mass is 9.88. The summed E-state index contributed by atoms with van der Waals surface area (Å²) in [5, 5.41) is 12.9. The second-order valence-electron chi connectivity index (χ2n) is 11.6. The molecule has 2 unspecified atom stereocenters. The van der Waals surface area contributed by atoms with Gasteiger partial charge in [0.15, 0.2) is 5.82 Å². The van der Waals surface area contributed by atoms with E-state index in [4.69, 9.17) is 4.98 Å². The van der Waals surface area contributed by atoms with Crippen molar-refractivity contribution in [3.05, 3.63) is 82.9 Å². The Morgan fingerprint density at radius 1 is 0.927 bits per heavy atom. The zero-order chi connectivity index (χ0) is 28.1. The predicted octanol–water partition coefficient (Wildman–Crippen LogP) is 2.48. The topological polar surface area (TPSA) is 111 Å². The highest BCUT2D eigenvalue weighted by Crippen LogP contribution is 2.34. The Kier molecular flexibility index (Phi) is 6.59. The average Bonchev–Trinajstić information content (AvgIpc) is 3.54. The third-order valence-corrected chi connectivity index (χ3v) is 9.04. The van der Waals surface area contributed by atoms with Gasteiger partial charge in [-0.2, -0.15) is 0 Å². The summed E-state index contributed by atoms with van der Waals surface area (Å²) in [6.07, 6.45) is 3.81. The average molecular weight is 555 g/mol. The van der Waals surface area contributed by atoms with E-state index in [0.717, 1.165) is 56.0 Å². The molecular weight excluding hydrogens is 520 g/mol. The molecule has 3 amide bonds. The van der Waals surface area contributed by atoms with Gasteiger partial charge in [-0.3, -0.25) is 19.3 Å². The molecule has 10 heteroatoms. The number of benzene rings is 2. The minimum absolute atomic E-state index is 0.0520. The van der Waals surface area contributed by atoms with Gasteiger partial charge in [-0.05, 0) is 67.6 Å². The van der Waals surface area contributed by atoms with Crippen molar-refractivity contribution < 1.29 is 19.5 Å². The highest BCUT2D eigenvalue weighted by atomic mass is 16.3. The fraction of sp³-hybridized carbons (Fsp3) is 0.419. The van der Waals surface area contributed by atoms with Crippen LogP contribution in [-0.4, -0.2) is 74.1 Å². The van der Waals surface area contributed by atoms with Gasteiger partial charge in [0.2, 0.25) is 5.91 Å². The maximum atomic E-state index is 13.1. The Morgan fingerprint density at radius 2 is 1.73 bits per heavy atom. The van der Waals surface area contributed by atoms with Crippen LogP contribution < -0.4 is 10.2 Å². The maximum absolute atomic E-state index is 13.1. The van der Waals surface area contributed by atoms with Gasteiger partial charge in [0.05, 0.1) is 11.7 Å². The van der Waals surface area contributed by atoms with Crippen LogP contribution in [0.4, 0.5) is 5.69 Å². The normalized spacial score (nSPS) is 23.5. The molecule has 2 fully saturated rings.